The lowest BCUT2D eigenvalue weighted by Crippen LogP contribution is -2.05. The Morgan fingerprint density at radius 2 is 1.89 bits per heavy atom. The van der Waals surface area contributed by atoms with E-state index in [0.717, 1.165) is 11.4 Å². The Kier molecular flexibility index (Phi) is 3.43. The van der Waals surface area contributed by atoms with Crippen LogP contribution in [0.3, 0.4) is 0 Å². The normalized spacial score (nSPS) is 9.83. The third kappa shape index (κ3) is 3.21. The molecule has 1 heterocycles. The Morgan fingerprint density at radius 1 is 1.17 bits per heavy atom. The van der Waals surface area contributed by atoms with E-state index in [1.165, 1.54) is 6.92 Å². The molecular weight excluding hydrogens is 228 g/mol. The van der Waals surface area contributed by atoms with Gasteiger partial charge in [0, 0.05) is 18.3 Å². The first kappa shape index (κ1) is 11.9. The van der Waals surface area contributed by atoms with Crippen molar-refractivity contribution in [2.24, 2.45) is 0 Å². The van der Waals surface area contributed by atoms with Crippen molar-refractivity contribution < 1.29 is 4.79 Å². The molecule has 0 fully saturated rings. The Labute approximate surface area is 105 Å². The molecule has 0 unspecified atom stereocenters. The van der Waals surface area contributed by atoms with Gasteiger partial charge >= 0.3 is 0 Å². The zero-order chi connectivity index (χ0) is 13.0. The molecule has 0 spiro atoms. The van der Waals surface area contributed by atoms with Gasteiger partial charge in [-0.2, -0.15) is 0 Å². The molecule has 2 rings (SSSR count). The molecule has 0 atom stereocenters. The van der Waals surface area contributed by atoms with E-state index >= 15 is 0 Å². The van der Waals surface area contributed by atoms with Crippen molar-refractivity contribution in [3.8, 4) is 0 Å². The van der Waals surface area contributed by atoms with Crippen LogP contribution in [0.4, 0.5) is 23.0 Å². The minimum atomic E-state index is -0.103. The molecule has 0 saturated carbocycles. The number of anilines is 4. The summed E-state index contributed by atoms with van der Waals surface area (Å²) in [5.41, 5.74) is 7.17. The molecule has 18 heavy (non-hydrogen) atoms. The minimum Gasteiger partial charge on any atom is -0.384 e. The first-order valence-electron chi connectivity index (χ1n) is 5.51. The van der Waals surface area contributed by atoms with Gasteiger partial charge in [-0.3, -0.25) is 4.79 Å². The largest absolute Gasteiger partial charge is 0.384 e. The molecule has 4 N–H and O–H groups in total. The quantitative estimate of drug-likeness (QED) is 0.772. The molecule has 0 aliphatic rings. The summed E-state index contributed by atoms with van der Waals surface area (Å²) >= 11 is 0. The van der Waals surface area contributed by atoms with E-state index < -0.39 is 0 Å². The first-order chi connectivity index (χ1) is 8.63. The molecular formula is C13H14N4O. The van der Waals surface area contributed by atoms with E-state index in [1.54, 1.807) is 6.07 Å². The molecule has 0 saturated heterocycles. The molecule has 0 bridgehead atoms. The molecule has 0 aliphatic carbocycles. The fourth-order valence-corrected chi connectivity index (χ4v) is 1.55. The van der Waals surface area contributed by atoms with Gasteiger partial charge in [0.1, 0.15) is 11.6 Å². The van der Waals surface area contributed by atoms with Crippen molar-refractivity contribution in [3.05, 3.63) is 42.5 Å². The van der Waals surface area contributed by atoms with Gasteiger partial charge in [-0.25, -0.2) is 4.98 Å². The number of benzene rings is 1. The third-order valence-electron chi connectivity index (χ3n) is 2.23. The fourth-order valence-electron chi connectivity index (χ4n) is 1.55. The number of nitrogens with one attached hydrogen (secondary N) is 2. The highest BCUT2D eigenvalue weighted by Crippen LogP contribution is 2.19. The van der Waals surface area contributed by atoms with Crippen molar-refractivity contribution in [2.45, 2.75) is 6.92 Å². The van der Waals surface area contributed by atoms with Crippen LogP contribution >= 0.6 is 0 Å². The van der Waals surface area contributed by atoms with Crippen molar-refractivity contribution >= 4 is 28.9 Å². The Bertz CT molecular complexity index is 568. The van der Waals surface area contributed by atoms with Crippen molar-refractivity contribution in [2.75, 3.05) is 16.4 Å². The summed E-state index contributed by atoms with van der Waals surface area (Å²) in [5, 5.41) is 5.83. The lowest BCUT2D eigenvalue weighted by molar-refractivity contribution is -0.114. The second-order valence-corrected chi connectivity index (χ2v) is 3.83. The molecule has 1 aromatic heterocycles. The number of hydrogen-bond acceptors (Lipinski definition) is 4. The van der Waals surface area contributed by atoms with E-state index in [0.29, 0.717) is 11.6 Å². The predicted molar refractivity (Wildman–Crippen MR) is 72.7 cm³/mol. The number of aromatic nitrogens is 1. The lowest BCUT2D eigenvalue weighted by Gasteiger charge is -2.08. The van der Waals surface area contributed by atoms with Gasteiger partial charge in [-0.15, -0.1) is 0 Å². The molecule has 5 heteroatoms. The number of nitrogen functional groups attached to an aromatic ring is 1. The van der Waals surface area contributed by atoms with Gasteiger partial charge in [-0.05, 0) is 30.3 Å². The molecule has 5 nitrogen and oxygen atoms in total. The maximum atomic E-state index is 11.0. The van der Waals surface area contributed by atoms with Crippen molar-refractivity contribution in [1.29, 1.82) is 0 Å². The predicted octanol–water partition coefficient (Wildman–Crippen LogP) is 2.37. The van der Waals surface area contributed by atoms with Crippen molar-refractivity contribution in [1.82, 2.24) is 4.98 Å². The van der Waals surface area contributed by atoms with Gasteiger partial charge in [-0.1, -0.05) is 12.1 Å². The highest BCUT2D eigenvalue weighted by Gasteiger charge is 1.99. The van der Waals surface area contributed by atoms with Crippen LogP contribution in [0, 0.1) is 0 Å². The van der Waals surface area contributed by atoms with E-state index in [2.05, 4.69) is 15.6 Å². The van der Waals surface area contributed by atoms with Crippen LogP contribution < -0.4 is 16.4 Å². The standard InChI is InChI=1S/C13H14N4O/c1-9(18)15-10-4-2-5-11(8-10)16-13-7-3-6-12(14)17-13/h2-8H,1H3,(H,15,18)(H3,14,16,17). The maximum absolute atomic E-state index is 11.0. The average molecular weight is 242 g/mol. The van der Waals surface area contributed by atoms with Crippen LogP contribution in [0.15, 0.2) is 42.5 Å². The van der Waals surface area contributed by atoms with E-state index in [-0.39, 0.29) is 5.91 Å². The molecule has 0 radical (unpaired) electrons. The highest BCUT2D eigenvalue weighted by molar-refractivity contribution is 5.89. The van der Waals surface area contributed by atoms with Crippen LogP contribution in [-0.4, -0.2) is 10.9 Å². The molecule has 0 aliphatic heterocycles. The molecule has 1 aromatic carbocycles. The number of rotatable bonds is 3. The number of nitrogens with two attached hydrogens (primary N) is 1. The number of carbonyl (C=O) groups excluding carboxylic acids is 1. The number of amides is 1. The summed E-state index contributed by atoms with van der Waals surface area (Å²) < 4.78 is 0. The van der Waals surface area contributed by atoms with Gasteiger partial charge in [0.05, 0.1) is 0 Å². The highest BCUT2D eigenvalue weighted by atomic mass is 16.1. The van der Waals surface area contributed by atoms with Gasteiger partial charge in [0.2, 0.25) is 5.91 Å². The topological polar surface area (TPSA) is 80.0 Å². The molecule has 1 amide bonds. The van der Waals surface area contributed by atoms with Gasteiger partial charge in [0.15, 0.2) is 0 Å². The van der Waals surface area contributed by atoms with Crippen LogP contribution in [0.25, 0.3) is 0 Å². The van der Waals surface area contributed by atoms with E-state index in [9.17, 15) is 4.79 Å². The van der Waals surface area contributed by atoms with Crippen LogP contribution in [0.1, 0.15) is 6.92 Å². The fraction of sp³-hybridized carbons (Fsp3) is 0.0769. The van der Waals surface area contributed by atoms with E-state index in [1.807, 2.05) is 36.4 Å². The van der Waals surface area contributed by atoms with Crippen LogP contribution in [0.2, 0.25) is 0 Å². The smallest absolute Gasteiger partial charge is 0.221 e. The Morgan fingerprint density at radius 3 is 2.61 bits per heavy atom. The summed E-state index contributed by atoms with van der Waals surface area (Å²) in [7, 11) is 0. The summed E-state index contributed by atoms with van der Waals surface area (Å²) in [6, 6.07) is 12.7. The number of pyridine rings is 1. The monoisotopic (exact) mass is 242 g/mol. The zero-order valence-corrected chi connectivity index (χ0v) is 9.97. The third-order valence-corrected chi connectivity index (χ3v) is 2.23. The average Bonchev–Trinajstić information content (AvgIpc) is 2.28. The lowest BCUT2D eigenvalue weighted by atomic mass is 10.2. The van der Waals surface area contributed by atoms with Crippen molar-refractivity contribution in [3.63, 3.8) is 0 Å². The molecule has 2 aromatic rings. The number of hydrogen-bond donors (Lipinski definition) is 3. The first-order valence-corrected chi connectivity index (χ1v) is 5.51. The summed E-state index contributed by atoms with van der Waals surface area (Å²) in [6.45, 7) is 1.47. The van der Waals surface area contributed by atoms with Crippen LogP contribution in [0.5, 0.6) is 0 Å². The zero-order valence-electron chi connectivity index (χ0n) is 9.97. The summed E-state index contributed by atoms with van der Waals surface area (Å²) in [4.78, 5) is 15.1. The number of carbonyl (C=O) groups is 1. The molecule has 92 valence electrons. The van der Waals surface area contributed by atoms with Gasteiger partial charge < -0.3 is 16.4 Å². The summed E-state index contributed by atoms with van der Waals surface area (Å²) in [6.07, 6.45) is 0. The second kappa shape index (κ2) is 5.18. The SMILES string of the molecule is CC(=O)Nc1cccc(Nc2cccc(N)n2)c1. The van der Waals surface area contributed by atoms with E-state index in [4.69, 9.17) is 5.73 Å². The summed E-state index contributed by atoms with van der Waals surface area (Å²) in [5.74, 6) is 1.02. The van der Waals surface area contributed by atoms with Gasteiger partial charge in [0.25, 0.3) is 0 Å². The number of nitrogens with zero attached hydrogens (tertiary/aromatic N) is 1. The maximum Gasteiger partial charge on any atom is 0.221 e. The Hall–Kier alpha value is -2.56. The minimum absolute atomic E-state index is 0.103. The Balaban J connectivity index is 2.16. The second-order valence-electron chi connectivity index (χ2n) is 3.83. The van der Waals surface area contributed by atoms with Crippen LogP contribution in [-0.2, 0) is 4.79 Å².